The van der Waals surface area contributed by atoms with Gasteiger partial charge in [-0.25, -0.2) is 0 Å². The summed E-state index contributed by atoms with van der Waals surface area (Å²) >= 11 is 0. The Balaban J connectivity index is 1.67. The Labute approximate surface area is 151 Å². The fourth-order valence-electron chi connectivity index (χ4n) is 3.73. The standard InChI is InChI=1S/C19H22N2O5/c22-16(20-15-10-4-2-1-3-9-14(15)19(25)26)11-21-17(23)12-7-5-6-8-13(12)18(21)24/h5-8,14-15H,1-4,9-11H2,(H,20,22)(H,25,26). The van der Waals surface area contributed by atoms with Crippen LogP contribution in [0.25, 0.3) is 0 Å². The first-order valence-corrected chi connectivity index (χ1v) is 8.96. The normalized spacial score (nSPS) is 23.2. The van der Waals surface area contributed by atoms with Gasteiger partial charge in [0.15, 0.2) is 0 Å². The van der Waals surface area contributed by atoms with Crippen molar-refractivity contribution in [3.8, 4) is 0 Å². The minimum atomic E-state index is -0.919. The Morgan fingerprint density at radius 1 is 1.00 bits per heavy atom. The fourth-order valence-corrected chi connectivity index (χ4v) is 3.73. The number of carboxylic acid groups (broad SMARTS) is 1. The maximum atomic E-state index is 12.4. The lowest BCUT2D eigenvalue weighted by molar-refractivity contribution is -0.143. The molecular weight excluding hydrogens is 336 g/mol. The molecule has 0 spiro atoms. The van der Waals surface area contributed by atoms with Gasteiger partial charge in [0.1, 0.15) is 6.54 Å². The van der Waals surface area contributed by atoms with Crippen molar-refractivity contribution in [3.63, 3.8) is 0 Å². The van der Waals surface area contributed by atoms with Gasteiger partial charge < -0.3 is 10.4 Å². The summed E-state index contributed by atoms with van der Waals surface area (Å²) in [6.45, 7) is -0.394. The van der Waals surface area contributed by atoms with Crippen LogP contribution in [0.5, 0.6) is 0 Å². The van der Waals surface area contributed by atoms with Crippen LogP contribution >= 0.6 is 0 Å². The molecule has 26 heavy (non-hydrogen) atoms. The highest BCUT2D eigenvalue weighted by molar-refractivity contribution is 6.22. The van der Waals surface area contributed by atoms with Crippen LogP contribution in [0, 0.1) is 5.92 Å². The summed E-state index contributed by atoms with van der Waals surface area (Å²) in [5.41, 5.74) is 0.583. The molecule has 1 heterocycles. The SMILES string of the molecule is O=C(CN1C(=O)c2ccccc2C1=O)NC1CCCCCCC1C(=O)O. The van der Waals surface area contributed by atoms with E-state index in [1.165, 1.54) is 0 Å². The summed E-state index contributed by atoms with van der Waals surface area (Å²) < 4.78 is 0. The zero-order valence-corrected chi connectivity index (χ0v) is 14.4. The molecule has 0 saturated heterocycles. The monoisotopic (exact) mass is 358 g/mol. The Kier molecular flexibility index (Phi) is 5.35. The molecule has 2 N–H and O–H groups in total. The van der Waals surface area contributed by atoms with Crippen LogP contribution in [-0.4, -0.2) is 46.3 Å². The molecule has 3 rings (SSSR count). The topological polar surface area (TPSA) is 104 Å². The molecule has 0 bridgehead atoms. The Hall–Kier alpha value is -2.70. The third-order valence-corrected chi connectivity index (χ3v) is 5.11. The van der Waals surface area contributed by atoms with Crippen molar-refractivity contribution in [2.24, 2.45) is 5.92 Å². The molecule has 0 radical (unpaired) electrons. The minimum Gasteiger partial charge on any atom is -0.481 e. The number of aliphatic carboxylic acids is 1. The zero-order valence-electron chi connectivity index (χ0n) is 14.4. The zero-order chi connectivity index (χ0) is 18.7. The molecule has 2 aliphatic rings. The van der Waals surface area contributed by atoms with Crippen LogP contribution in [0.2, 0.25) is 0 Å². The summed E-state index contributed by atoms with van der Waals surface area (Å²) in [4.78, 5) is 49.6. The third-order valence-electron chi connectivity index (χ3n) is 5.11. The summed E-state index contributed by atoms with van der Waals surface area (Å²) in [5, 5.41) is 12.2. The van der Waals surface area contributed by atoms with E-state index in [1.54, 1.807) is 24.3 Å². The average molecular weight is 358 g/mol. The van der Waals surface area contributed by atoms with Crippen LogP contribution in [-0.2, 0) is 9.59 Å². The number of benzene rings is 1. The summed E-state index contributed by atoms with van der Waals surface area (Å²) in [5.74, 6) is -3.04. The molecule has 1 aliphatic heterocycles. The van der Waals surface area contributed by atoms with Gasteiger partial charge in [-0.3, -0.25) is 24.1 Å². The van der Waals surface area contributed by atoms with Crippen LogP contribution in [0.1, 0.15) is 59.2 Å². The van der Waals surface area contributed by atoms with Crippen molar-refractivity contribution in [3.05, 3.63) is 35.4 Å². The van der Waals surface area contributed by atoms with Crippen molar-refractivity contribution in [2.45, 2.75) is 44.6 Å². The van der Waals surface area contributed by atoms with Gasteiger partial charge in [0.05, 0.1) is 17.0 Å². The second kappa shape index (κ2) is 7.68. The van der Waals surface area contributed by atoms with Gasteiger partial charge in [0.2, 0.25) is 5.91 Å². The summed E-state index contributed by atoms with van der Waals surface area (Å²) in [6, 6.07) is 5.97. The highest BCUT2D eigenvalue weighted by Gasteiger charge is 2.37. The molecular formula is C19H22N2O5. The predicted octanol–water partition coefficient (Wildman–Crippen LogP) is 1.82. The van der Waals surface area contributed by atoms with Crippen molar-refractivity contribution >= 4 is 23.7 Å². The summed E-state index contributed by atoms with van der Waals surface area (Å²) in [6.07, 6.45) is 4.79. The van der Waals surface area contributed by atoms with Crippen molar-refractivity contribution in [2.75, 3.05) is 6.54 Å². The molecule has 7 nitrogen and oxygen atoms in total. The number of carbonyl (C=O) groups is 4. The highest BCUT2D eigenvalue weighted by atomic mass is 16.4. The van der Waals surface area contributed by atoms with Gasteiger partial charge >= 0.3 is 5.97 Å². The van der Waals surface area contributed by atoms with Gasteiger partial charge in [-0.15, -0.1) is 0 Å². The molecule has 1 fully saturated rings. The number of amides is 3. The molecule has 2 atom stereocenters. The van der Waals surface area contributed by atoms with Crippen molar-refractivity contribution < 1.29 is 24.3 Å². The second-order valence-corrected chi connectivity index (χ2v) is 6.85. The number of rotatable bonds is 4. The smallest absolute Gasteiger partial charge is 0.308 e. The van der Waals surface area contributed by atoms with Gasteiger partial charge in [-0.2, -0.15) is 0 Å². The fraction of sp³-hybridized carbons (Fsp3) is 0.474. The van der Waals surface area contributed by atoms with Gasteiger partial charge in [-0.1, -0.05) is 37.8 Å². The number of carbonyl (C=O) groups excluding carboxylic acids is 3. The van der Waals surface area contributed by atoms with Crippen molar-refractivity contribution in [1.82, 2.24) is 10.2 Å². The maximum Gasteiger partial charge on any atom is 0.308 e. The molecule has 138 valence electrons. The number of hydrogen-bond acceptors (Lipinski definition) is 4. The first kappa shape index (κ1) is 18.1. The quantitative estimate of drug-likeness (QED) is 0.799. The van der Waals surface area contributed by atoms with Crippen LogP contribution < -0.4 is 5.32 Å². The van der Waals surface area contributed by atoms with Gasteiger partial charge in [0, 0.05) is 6.04 Å². The molecule has 1 aromatic carbocycles. The molecule has 3 amide bonds. The van der Waals surface area contributed by atoms with Gasteiger partial charge in [-0.05, 0) is 25.0 Å². The number of fused-ring (bicyclic) bond motifs is 1. The minimum absolute atomic E-state index is 0.291. The van der Waals surface area contributed by atoms with E-state index in [2.05, 4.69) is 5.32 Å². The van der Waals surface area contributed by atoms with Crippen LogP contribution in [0.3, 0.4) is 0 Å². The molecule has 7 heteroatoms. The maximum absolute atomic E-state index is 12.4. The molecule has 2 unspecified atom stereocenters. The largest absolute Gasteiger partial charge is 0.481 e. The first-order chi connectivity index (χ1) is 12.5. The Morgan fingerprint density at radius 2 is 1.58 bits per heavy atom. The second-order valence-electron chi connectivity index (χ2n) is 6.85. The Morgan fingerprint density at radius 3 is 2.15 bits per heavy atom. The summed E-state index contributed by atoms with van der Waals surface area (Å²) in [7, 11) is 0. The van der Waals surface area contributed by atoms with E-state index in [9.17, 15) is 24.3 Å². The molecule has 1 saturated carbocycles. The van der Waals surface area contributed by atoms with E-state index in [4.69, 9.17) is 0 Å². The van der Waals surface area contributed by atoms with Gasteiger partial charge in [0.25, 0.3) is 11.8 Å². The first-order valence-electron chi connectivity index (χ1n) is 8.96. The Bertz CT molecular complexity index is 710. The van der Waals surface area contributed by atoms with Crippen LogP contribution in [0.4, 0.5) is 0 Å². The number of nitrogens with one attached hydrogen (secondary N) is 1. The number of nitrogens with zero attached hydrogens (tertiary/aromatic N) is 1. The van der Waals surface area contributed by atoms with E-state index in [1.807, 2.05) is 0 Å². The van der Waals surface area contributed by atoms with E-state index >= 15 is 0 Å². The molecule has 0 aromatic heterocycles. The lowest BCUT2D eigenvalue weighted by Gasteiger charge is -2.27. The number of carboxylic acids is 1. The van der Waals surface area contributed by atoms with Crippen LogP contribution in [0.15, 0.2) is 24.3 Å². The molecule has 1 aliphatic carbocycles. The number of hydrogen-bond donors (Lipinski definition) is 2. The highest BCUT2D eigenvalue weighted by Crippen LogP contribution is 2.24. The van der Waals surface area contributed by atoms with E-state index in [0.29, 0.717) is 24.0 Å². The number of imide groups is 1. The van der Waals surface area contributed by atoms with Crippen molar-refractivity contribution in [1.29, 1.82) is 0 Å². The molecule has 1 aromatic rings. The predicted molar refractivity (Wildman–Crippen MR) is 92.6 cm³/mol. The van der Waals surface area contributed by atoms with E-state index < -0.39 is 42.2 Å². The average Bonchev–Trinajstić information content (AvgIpc) is 2.82. The third kappa shape index (κ3) is 3.61. The van der Waals surface area contributed by atoms with E-state index in [0.717, 1.165) is 30.6 Å². The lowest BCUT2D eigenvalue weighted by Crippen LogP contribution is -2.48. The lowest BCUT2D eigenvalue weighted by atomic mass is 9.87. The van der Waals surface area contributed by atoms with E-state index in [-0.39, 0.29) is 0 Å².